The van der Waals surface area contributed by atoms with Crippen molar-refractivity contribution in [2.75, 3.05) is 5.32 Å². The summed E-state index contributed by atoms with van der Waals surface area (Å²) in [5.41, 5.74) is 3.10. The molecule has 0 heterocycles. The molecule has 1 aliphatic carbocycles. The summed E-state index contributed by atoms with van der Waals surface area (Å²) in [4.78, 5) is 11.7. The van der Waals surface area contributed by atoms with Gasteiger partial charge in [-0.1, -0.05) is 21.5 Å². The third kappa shape index (κ3) is 3.60. The van der Waals surface area contributed by atoms with Gasteiger partial charge in [0, 0.05) is 16.4 Å². The van der Waals surface area contributed by atoms with Crippen molar-refractivity contribution in [1.82, 2.24) is 5.32 Å². The standard InChI is InChI=1S/C14H17BrN2O/c1-9-7-12(15)5-6-13(9)17-14(18)16-8-10(2)11-3-4-11/h5-8,11H,3-4H2,1-2H3,(H2,16,17,18)/b10-8+. The minimum atomic E-state index is -0.194. The molecule has 2 N–H and O–H groups in total. The van der Waals surface area contributed by atoms with Crippen molar-refractivity contribution in [3.8, 4) is 0 Å². The van der Waals surface area contributed by atoms with E-state index in [9.17, 15) is 4.79 Å². The predicted molar refractivity (Wildman–Crippen MR) is 77.5 cm³/mol. The number of urea groups is 1. The summed E-state index contributed by atoms with van der Waals surface area (Å²) in [6.45, 7) is 4.02. The molecule has 2 rings (SSSR count). The lowest BCUT2D eigenvalue weighted by molar-refractivity contribution is 0.255. The van der Waals surface area contributed by atoms with E-state index in [-0.39, 0.29) is 6.03 Å². The molecule has 0 atom stereocenters. The van der Waals surface area contributed by atoms with Crippen molar-refractivity contribution in [2.24, 2.45) is 5.92 Å². The third-order valence-electron chi connectivity index (χ3n) is 3.09. The van der Waals surface area contributed by atoms with Crippen LogP contribution in [0.5, 0.6) is 0 Å². The van der Waals surface area contributed by atoms with Crippen molar-refractivity contribution < 1.29 is 4.79 Å². The van der Waals surface area contributed by atoms with Crippen molar-refractivity contribution in [2.45, 2.75) is 26.7 Å². The van der Waals surface area contributed by atoms with E-state index in [0.717, 1.165) is 15.7 Å². The molecule has 1 aliphatic rings. The summed E-state index contributed by atoms with van der Waals surface area (Å²) < 4.78 is 1.01. The fourth-order valence-corrected chi connectivity index (χ4v) is 2.24. The number of anilines is 1. The van der Waals surface area contributed by atoms with Gasteiger partial charge in [0.25, 0.3) is 0 Å². The number of halogens is 1. The highest BCUT2D eigenvalue weighted by Gasteiger charge is 2.22. The first-order valence-electron chi connectivity index (χ1n) is 6.06. The van der Waals surface area contributed by atoms with Crippen LogP contribution < -0.4 is 10.6 Å². The molecule has 1 saturated carbocycles. The number of allylic oxidation sites excluding steroid dienone is 1. The summed E-state index contributed by atoms with van der Waals surface area (Å²) in [6.07, 6.45) is 4.30. The molecule has 0 bridgehead atoms. The van der Waals surface area contributed by atoms with Crippen molar-refractivity contribution in [3.05, 3.63) is 40.0 Å². The maximum atomic E-state index is 11.7. The highest BCUT2D eigenvalue weighted by atomic mass is 79.9. The zero-order chi connectivity index (χ0) is 13.1. The van der Waals surface area contributed by atoms with E-state index >= 15 is 0 Å². The first kappa shape index (κ1) is 13.1. The molecule has 0 spiro atoms. The van der Waals surface area contributed by atoms with Crippen LogP contribution in [0.1, 0.15) is 25.3 Å². The number of carbonyl (C=O) groups excluding carboxylic acids is 1. The highest BCUT2D eigenvalue weighted by Crippen LogP contribution is 2.35. The summed E-state index contributed by atoms with van der Waals surface area (Å²) in [7, 11) is 0. The highest BCUT2D eigenvalue weighted by molar-refractivity contribution is 9.10. The zero-order valence-electron chi connectivity index (χ0n) is 10.6. The largest absolute Gasteiger partial charge is 0.323 e. The minimum Gasteiger partial charge on any atom is -0.314 e. The Morgan fingerprint density at radius 3 is 2.78 bits per heavy atom. The average molecular weight is 309 g/mol. The molecule has 3 nitrogen and oxygen atoms in total. The normalized spacial score (nSPS) is 15.4. The van der Waals surface area contributed by atoms with Crippen LogP contribution >= 0.6 is 15.9 Å². The van der Waals surface area contributed by atoms with E-state index in [1.165, 1.54) is 18.4 Å². The van der Waals surface area contributed by atoms with Crippen LogP contribution in [0.3, 0.4) is 0 Å². The van der Waals surface area contributed by atoms with Crippen molar-refractivity contribution in [3.63, 3.8) is 0 Å². The Hall–Kier alpha value is -1.29. The van der Waals surface area contributed by atoms with Gasteiger partial charge in [0.05, 0.1) is 0 Å². The number of rotatable bonds is 3. The average Bonchev–Trinajstić information content (AvgIpc) is 3.14. The van der Waals surface area contributed by atoms with Gasteiger partial charge in [-0.3, -0.25) is 0 Å². The fraction of sp³-hybridized carbons (Fsp3) is 0.357. The smallest absolute Gasteiger partial charge is 0.314 e. The van der Waals surface area contributed by atoms with Crippen LogP contribution in [0, 0.1) is 12.8 Å². The monoisotopic (exact) mass is 308 g/mol. The van der Waals surface area contributed by atoms with Crippen LogP contribution in [0.25, 0.3) is 0 Å². The Kier molecular flexibility index (Phi) is 4.07. The fourth-order valence-electron chi connectivity index (χ4n) is 1.76. The van der Waals surface area contributed by atoms with Gasteiger partial charge in [0.2, 0.25) is 0 Å². The van der Waals surface area contributed by atoms with E-state index in [0.29, 0.717) is 5.92 Å². The Morgan fingerprint density at radius 2 is 2.17 bits per heavy atom. The summed E-state index contributed by atoms with van der Waals surface area (Å²) >= 11 is 3.40. The van der Waals surface area contributed by atoms with E-state index < -0.39 is 0 Å². The topological polar surface area (TPSA) is 41.1 Å². The van der Waals surface area contributed by atoms with Gasteiger partial charge < -0.3 is 10.6 Å². The molecule has 2 amide bonds. The van der Waals surface area contributed by atoms with E-state index in [4.69, 9.17) is 0 Å². The Labute approximate surface area is 116 Å². The maximum absolute atomic E-state index is 11.7. The van der Waals surface area contributed by atoms with Crippen LogP contribution in [0.4, 0.5) is 10.5 Å². The van der Waals surface area contributed by atoms with Crippen LogP contribution in [0.15, 0.2) is 34.4 Å². The molecule has 1 fully saturated rings. The van der Waals surface area contributed by atoms with E-state index in [1.807, 2.05) is 25.1 Å². The number of benzene rings is 1. The molecular weight excluding hydrogens is 292 g/mol. The Bertz CT molecular complexity index is 493. The second kappa shape index (κ2) is 5.57. The SMILES string of the molecule is C/C(=C\NC(=O)Nc1ccc(Br)cc1C)C1CC1. The zero-order valence-corrected chi connectivity index (χ0v) is 12.2. The van der Waals surface area contributed by atoms with Gasteiger partial charge in [-0.2, -0.15) is 0 Å². The number of hydrogen-bond acceptors (Lipinski definition) is 1. The first-order valence-corrected chi connectivity index (χ1v) is 6.86. The van der Waals surface area contributed by atoms with Crippen LogP contribution in [-0.4, -0.2) is 6.03 Å². The maximum Gasteiger partial charge on any atom is 0.323 e. The Balaban J connectivity index is 1.92. The van der Waals surface area contributed by atoms with Gasteiger partial charge in [-0.25, -0.2) is 4.79 Å². The number of amides is 2. The third-order valence-corrected chi connectivity index (χ3v) is 3.58. The molecule has 0 aliphatic heterocycles. The predicted octanol–water partition coefficient (Wildman–Crippen LogP) is 4.19. The number of hydrogen-bond donors (Lipinski definition) is 2. The second-order valence-electron chi connectivity index (χ2n) is 4.72. The number of aryl methyl sites for hydroxylation is 1. The lowest BCUT2D eigenvalue weighted by atomic mass is 10.2. The van der Waals surface area contributed by atoms with Crippen LogP contribution in [0.2, 0.25) is 0 Å². The summed E-state index contributed by atoms with van der Waals surface area (Å²) in [5, 5.41) is 5.61. The molecule has 0 aromatic heterocycles. The molecule has 4 heteroatoms. The summed E-state index contributed by atoms with van der Waals surface area (Å²) in [5.74, 6) is 0.680. The van der Waals surface area contributed by atoms with Gasteiger partial charge in [0.15, 0.2) is 0 Å². The molecule has 0 radical (unpaired) electrons. The van der Waals surface area contributed by atoms with Gasteiger partial charge in [-0.15, -0.1) is 0 Å². The first-order chi connectivity index (χ1) is 8.56. The second-order valence-corrected chi connectivity index (χ2v) is 5.64. The number of nitrogens with one attached hydrogen (secondary N) is 2. The molecule has 0 unspecified atom stereocenters. The molecule has 1 aromatic rings. The van der Waals surface area contributed by atoms with Crippen molar-refractivity contribution >= 4 is 27.6 Å². The van der Waals surface area contributed by atoms with Gasteiger partial charge in [0.1, 0.15) is 0 Å². The van der Waals surface area contributed by atoms with Crippen LogP contribution in [-0.2, 0) is 0 Å². The van der Waals surface area contributed by atoms with E-state index in [2.05, 4.69) is 33.5 Å². The lowest BCUT2D eigenvalue weighted by Crippen LogP contribution is -2.24. The van der Waals surface area contributed by atoms with Gasteiger partial charge >= 0.3 is 6.03 Å². The molecule has 0 saturated heterocycles. The number of carbonyl (C=O) groups is 1. The minimum absolute atomic E-state index is 0.194. The lowest BCUT2D eigenvalue weighted by Gasteiger charge is -2.08. The summed E-state index contributed by atoms with van der Waals surface area (Å²) in [6, 6.07) is 5.58. The molecule has 18 heavy (non-hydrogen) atoms. The van der Waals surface area contributed by atoms with E-state index in [1.54, 1.807) is 6.20 Å². The molecule has 96 valence electrons. The van der Waals surface area contributed by atoms with Gasteiger partial charge in [-0.05, 0) is 56.4 Å². The Morgan fingerprint density at radius 1 is 1.44 bits per heavy atom. The molecule has 1 aromatic carbocycles. The van der Waals surface area contributed by atoms with Crippen molar-refractivity contribution in [1.29, 1.82) is 0 Å². The molecular formula is C14H17BrN2O. The quantitative estimate of drug-likeness (QED) is 0.863.